The fraction of sp³-hybridized carbons (Fsp3) is 0.714. The van der Waals surface area contributed by atoms with Gasteiger partial charge in [0.15, 0.2) is 0 Å². The van der Waals surface area contributed by atoms with Crippen LogP contribution in [0.1, 0.15) is 25.3 Å². The lowest BCUT2D eigenvalue weighted by molar-refractivity contribution is 0.459. The highest BCUT2D eigenvalue weighted by Gasteiger charge is 2.23. The van der Waals surface area contributed by atoms with Gasteiger partial charge in [-0.2, -0.15) is 5.10 Å². The van der Waals surface area contributed by atoms with Crippen molar-refractivity contribution in [1.29, 1.82) is 0 Å². The lowest BCUT2D eigenvalue weighted by Crippen LogP contribution is -2.16. The molecule has 4 heteroatoms. The standard InChI is InChI=1S/C7H12N4/c8-6-1-2-7(3-6)11-5-9-4-10-11/h4-7H,1-3,8H2. The molecule has 2 atom stereocenters. The van der Waals surface area contributed by atoms with E-state index in [1.54, 1.807) is 12.7 Å². The fourth-order valence-electron chi connectivity index (χ4n) is 1.64. The van der Waals surface area contributed by atoms with Crippen molar-refractivity contribution in [2.24, 2.45) is 5.73 Å². The van der Waals surface area contributed by atoms with Crippen molar-refractivity contribution in [3.05, 3.63) is 12.7 Å². The highest BCUT2D eigenvalue weighted by Crippen LogP contribution is 2.27. The Morgan fingerprint density at radius 1 is 1.45 bits per heavy atom. The molecule has 0 spiro atoms. The summed E-state index contributed by atoms with van der Waals surface area (Å²) in [6, 6.07) is 0.858. The van der Waals surface area contributed by atoms with E-state index in [1.807, 2.05) is 4.68 Å². The number of nitrogens with two attached hydrogens (primary N) is 1. The van der Waals surface area contributed by atoms with Crippen LogP contribution in [-0.2, 0) is 0 Å². The maximum absolute atomic E-state index is 5.77. The predicted octanol–water partition coefficient (Wildman–Crippen LogP) is 0.330. The first kappa shape index (κ1) is 6.79. The summed E-state index contributed by atoms with van der Waals surface area (Å²) < 4.78 is 1.91. The second-order valence-corrected chi connectivity index (χ2v) is 3.10. The van der Waals surface area contributed by atoms with Gasteiger partial charge in [0, 0.05) is 6.04 Å². The van der Waals surface area contributed by atoms with Crippen LogP contribution in [0.2, 0.25) is 0 Å². The van der Waals surface area contributed by atoms with Crippen molar-refractivity contribution >= 4 is 0 Å². The van der Waals surface area contributed by atoms with Crippen LogP contribution in [0.3, 0.4) is 0 Å². The molecule has 1 fully saturated rings. The monoisotopic (exact) mass is 152 g/mol. The molecule has 11 heavy (non-hydrogen) atoms. The second kappa shape index (κ2) is 2.62. The molecule has 1 aromatic rings. The van der Waals surface area contributed by atoms with E-state index in [0.29, 0.717) is 12.1 Å². The first-order valence-electron chi connectivity index (χ1n) is 3.96. The summed E-state index contributed by atoms with van der Waals surface area (Å²) in [6.07, 6.45) is 6.64. The molecule has 1 aliphatic rings. The topological polar surface area (TPSA) is 56.7 Å². The molecule has 0 radical (unpaired) electrons. The Morgan fingerprint density at radius 2 is 2.36 bits per heavy atom. The highest BCUT2D eigenvalue weighted by molar-refractivity contribution is 4.81. The van der Waals surface area contributed by atoms with Gasteiger partial charge in [-0.1, -0.05) is 0 Å². The van der Waals surface area contributed by atoms with E-state index >= 15 is 0 Å². The van der Waals surface area contributed by atoms with Crippen molar-refractivity contribution in [3.8, 4) is 0 Å². The average molecular weight is 152 g/mol. The molecule has 1 aromatic heterocycles. The van der Waals surface area contributed by atoms with Gasteiger partial charge in [-0.15, -0.1) is 0 Å². The van der Waals surface area contributed by atoms with Gasteiger partial charge in [0.1, 0.15) is 12.7 Å². The summed E-state index contributed by atoms with van der Waals surface area (Å²) in [7, 11) is 0. The van der Waals surface area contributed by atoms with Gasteiger partial charge in [0.2, 0.25) is 0 Å². The van der Waals surface area contributed by atoms with Gasteiger partial charge in [0.05, 0.1) is 6.04 Å². The molecule has 0 aromatic carbocycles. The maximum Gasteiger partial charge on any atom is 0.137 e. The van der Waals surface area contributed by atoms with Crippen LogP contribution in [-0.4, -0.2) is 20.8 Å². The minimum atomic E-state index is 0.365. The summed E-state index contributed by atoms with van der Waals surface area (Å²) in [5.41, 5.74) is 5.77. The summed E-state index contributed by atoms with van der Waals surface area (Å²) in [6.45, 7) is 0. The Labute approximate surface area is 65.4 Å². The van der Waals surface area contributed by atoms with E-state index in [-0.39, 0.29) is 0 Å². The molecule has 1 aliphatic carbocycles. The average Bonchev–Trinajstić information content (AvgIpc) is 2.55. The number of hydrogen-bond acceptors (Lipinski definition) is 3. The minimum Gasteiger partial charge on any atom is -0.328 e. The molecule has 0 aliphatic heterocycles. The molecule has 1 saturated carbocycles. The van der Waals surface area contributed by atoms with E-state index in [2.05, 4.69) is 10.1 Å². The molecular weight excluding hydrogens is 140 g/mol. The van der Waals surface area contributed by atoms with Crippen LogP contribution in [0, 0.1) is 0 Å². The number of rotatable bonds is 1. The van der Waals surface area contributed by atoms with Gasteiger partial charge >= 0.3 is 0 Å². The Bertz CT molecular complexity index is 218. The van der Waals surface area contributed by atoms with E-state index < -0.39 is 0 Å². The van der Waals surface area contributed by atoms with Gasteiger partial charge in [0.25, 0.3) is 0 Å². The van der Waals surface area contributed by atoms with Crippen LogP contribution < -0.4 is 5.73 Å². The predicted molar refractivity (Wildman–Crippen MR) is 40.9 cm³/mol. The molecule has 2 rings (SSSR count). The molecule has 0 saturated heterocycles. The molecule has 60 valence electrons. The van der Waals surface area contributed by atoms with E-state index in [4.69, 9.17) is 5.73 Å². The molecular formula is C7H12N4. The van der Waals surface area contributed by atoms with Crippen molar-refractivity contribution < 1.29 is 0 Å². The number of aromatic nitrogens is 3. The summed E-state index contributed by atoms with van der Waals surface area (Å²) in [5, 5.41) is 4.08. The molecule has 4 nitrogen and oxygen atoms in total. The third-order valence-electron chi connectivity index (χ3n) is 2.26. The lowest BCUT2D eigenvalue weighted by atomic mass is 10.2. The van der Waals surface area contributed by atoms with Crippen LogP contribution >= 0.6 is 0 Å². The Hall–Kier alpha value is -0.900. The van der Waals surface area contributed by atoms with Crippen LogP contribution in [0.15, 0.2) is 12.7 Å². The van der Waals surface area contributed by atoms with Crippen molar-refractivity contribution in [3.63, 3.8) is 0 Å². The molecule has 2 N–H and O–H groups in total. The zero-order valence-corrected chi connectivity index (χ0v) is 6.35. The molecule has 1 heterocycles. The van der Waals surface area contributed by atoms with Gasteiger partial charge in [-0.05, 0) is 19.3 Å². The summed E-state index contributed by atoms with van der Waals surface area (Å²) in [4.78, 5) is 3.90. The molecule has 0 amide bonds. The minimum absolute atomic E-state index is 0.365. The zero-order valence-electron chi connectivity index (χ0n) is 6.35. The summed E-state index contributed by atoms with van der Waals surface area (Å²) >= 11 is 0. The van der Waals surface area contributed by atoms with E-state index in [0.717, 1.165) is 19.3 Å². The van der Waals surface area contributed by atoms with Gasteiger partial charge < -0.3 is 5.73 Å². The van der Waals surface area contributed by atoms with Crippen LogP contribution in [0.4, 0.5) is 0 Å². The first-order valence-corrected chi connectivity index (χ1v) is 3.96. The molecule has 2 unspecified atom stereocenters. The third-order valence-corrected chi connectivity index (χ3v) is 2.26. The SMILES string of the molecule is NC1CCC(n2cncn2)C1. The normalized spacial score (nSPS) is 31.0. The first-order chi connectivity index (χ1) is 5.36. The fourth-order valence-corrected chi connectivity index (χ4v) is 1.64. The Kier molecular flexibility index (Phi) is 1.62. The Balaban J connectivity index is 2.08. The van der Waals surface area contributed by atoms with Crippen LogP contribution in [0.25, 0.3) is 0 Å². The molecule has 0 bridgehead atoms. The van der Waals surface area contributed by atoms with Gasteiger partial charge in [-0.3, -0.25) is 0 Å². The van der Waals surface area contributed by atoms with E-state index in [9.17, 15) is 0 Å². The number of nitrogens with zero attached hydrogens (tertiary/aromatic N) is 3. The van der Waals surface area contributed by atoms with Crippen molar-refractivity contribution in [1.82, 2.24) is 14.8 Å². The van der Waals surface area contributed by atoms with E-state index in [1.165, 1.54) is 0 Å². The third kappa shape index (κ3) is 1.26. The van der Waals surface area contributed by atoms with Crippen LogP contribution in [0.5, 0.6) is 0 Å². The number of hydrogen-bond donors (Lipinski definition) is 1. The zero-order chi connectivity index (χ0) is 7.68. The lowest BCUT2D eigenvalue weighted by Gasteiger charge is -2.07. The highest BCUT2D eigenvalue weighted by atomic mass is 15.3. The smallest absolute Gasteiger partial charge is 0.137 e. The van der Waals surface area contributed by atoms with Crippen molar-refractivity contribution in [2.75, 3.05) is 0 Å². The maximum atomic E-state index is 5.77. The quantitative estimate of drug-likeness (QED) is 0.631. The van der Waals surface area contributed by atoms with Crippen molar-refractivity contribution in [2.45, 2.75) is 31.3 Å². The summed E-state index contributed by atoms with van der Waals surface area (Å²) in [5.74, 6) is 0. The second-order valence-electron chi connectivity index (χ2n) is 3.10. The largest absolute Gasteiger partial charge is 0.328 e. The van der Waals surface area contributed by atoms with Gasteiger partial charge in [-0.25, -0.2) is 9.67 Å². The Morgan fingerprint density at radius 3 is 2.91 bits per heavy atom.